The number of hydrogen-bond donors (Lipinski definition) is 1. The number of methoxy groups -OCH3 is 1. The van der Waals surface area contributed by atoms with E-state index in [1.165, 1.54) is 9.80 Å². The lowest BCUT2D eigenvalue weighted by atomic mass is 9.95. The van der Waals surface area contributed by atoms with Gasteiger partial charge in [0.1, 0.15) is 31.2 Å². The Balaban J connectivity index is 1.66. The highest BCUT2D eigenvalue weighted by atomic mass is 16.5. The molecule has 0 aliphatic carbocycles. The molecule has 0 radical (unpaired) electrons. The molecular formula is C28H32N2O6. The fraction of sp³-hybridized carbons (Fsp3) is 0.357. The Bertz CT molecular complexity index is 1120. The third-order valence-electron chi connectivity index (χ3n) is 6.55. The molecule has 0 aromatic heterocycles. The van der Waals surface area contributed by atoms with Gasteiger partial charge in [-0.05, 0) is 35.4 Å². The van der Waals surface area contributed by atoms with Gasteiger partial charge in [-0.1, -0.05) is 42.7 Å². The number of benzene rings is 2. The molecule has 2 aromatic carbocycles. The number of carbonyl (C=O) groups is 2. The van der Waals surface area contributed by atoms with Crippen LogP contribution in [-0.2, 0) is 14.3 Å². The number of amides is 1. The van der Waals surface area contributed by atoms with Crippen LogP contribution in [0, 0.1) is 0 Å². The van der Waals surface area contributed by atoms with Crippen LogP contribution in [0.1, 0.15) is 23.6 Å². The summed E-state index contributed by atoms with van der Waals surface area (Å²) in [6.45, 7) is 8.51. The van der Waals surface area contributed by atoms with E-state index in [2.05, 4.69) is 6.58 Å². The monoisotopic (exact) mass is 492 g/mol. The van der Waals surface area contributed by atoms with Crippen LogP contribution in [-0.4, -0.2) is 69.7 Å². The average molecular weight is 493 g/mol. The summed E-state index contributed by atoms with van der Waals surface area (Å²) in [5.41, 5.74) is 0.956. The number of nitrogens with one attached hydrogen (secondary N) is 1. The van der Waals surface area contributed by atoms with Crippen molar-refractivity contribution >= 4 is 17.4 Å². The fourth-order valence-electron chi connectivity index (χ4n) is 4.68. The second-order valence-electron chi connectivity index (χ2n) is 8.84. The van der Waals surface area contributed by atoms with Gasteiger partial charge in [-0.25, -0.2) is 0 Å². The maximum atomic E-state index is 13.6. The Morgan fingerprint density at radius 1 is 1.17 bits per heavy atom. The van der Waals surface area contributed by atoms with E-state index in [4.69, 9.17) is 14.2 Å². The van der Waals surface area contributed by atoms with Gasteiger partial charge in [0.2, 0.25) is 5.78 Å². The van der Waals surface area contributed by atoms with Crippen LogP contribution in [0.3, 0.4) is 0 Å². The molecule has 4 rings (SSSR count). The number of nitrogens with zero attached hydrogens (tertiary/aromatic N) is 1. The van der Waals surface area contributed by atoms with Crippen LogP contribution in [0.4, 0.5) is 0 Å². The van der Waals surface area contributed by atoms with Gasteiger partial charge in [-0.15, -0.1) is 0 Å². The minimum absolute atomic E-state index is 0.0354. The highest BCUT2D eigenvalue weighted by molar-refractivity contribution is 6.46. The van der Waals surface area contributed by atoms with E-state index in [0.29, 0.717) is 42.2 Å². The standard InChI is InChI=1S/C28H32N2O6/c1-3-16-36-22-10-8-20(9-11-22)26(31)24-25(21-6-4-7-23(19-21)34-2)30(28(33)27(24)32)13-5-12-29-14-17-35-18-15-29/h3-4,6-11,19,25,31H,1,5,12-18H2,2H3. The summed E-state index contributed by atoms with van der Waals surface area (Å²) in [5, 5.41) is 13.6. The zero-order valence-electron chi connectivity index (χ0n) is 20.5. The van der Waals surface area contributed by atoms with E-state index in [1.54, 1.807) is 55.7 Å². The molecule has 2 aliphatic heterocycles. The molecule has 2 fully saturated rings. The first-order chi connectivity index (χ1) is 17.5. The summed E-state index contributed by atoms with van der Waals surface area (Å²) >= 11 is 0. The molecule has 1 unspecified atom stereocenters. The first-order valence-corrected chi connectivity index (χ1v) is 12.2. The molecule has 2 aliphatic rings. The van der Waals surface area contributed by atoms with Crippen molar-refractivity contribution in [2.45, 2.75) is 12.5 Å². The Morgan fingerprint density at radius 2 is 1.92 bits per heavy atom. The number of Topliss-reactive ketones (excluding diaryl/α,β-unsaturated/α-hetero) is 1. The van der Waals surface area contributed by atoms with Gasteiger partial charge >= 0.3 is 0 Å². The molecule has 2 saturated heterocycles. The molecular weight excluding hydrogens is 460 g/mol. The van der Waals surface area contributed by atoms with Gasteiger partial charge in [0.15, 0.2) is 0 Å². The second kappa shape index (κ2) is 11.9. The van der Waals surface area contributed by atoms with E-state index in [1.807, 2.05) is 6.07 Å². The fourth-order valence-corrected chi connectivity index (χ4v) is 4.68. The van der Waals surface area contributed by atoms with Crippen molar-refractivity contribution in [3.8, 4) is 11.5 Å². The van der Waals surface area contributed by atoms with Crippen LogP contribution in [0.25, 0.3) is 5.76 Å². The van der Waals surface area contributed by atoms with Crippen LogP contribution < -0.4 is 19.5 Å². The molecule has 0 spiro atoms. The summed E-state index contributed by atoms with van der Waals surface area (Å²) in [6, 6.07) is 13.0. The number of ether oxygens (including phenoxy) is 3. The number of morpholine rings is 1. The molecule has 1 N–H and O–H groups in total. The van der Waals surface area contributed by atoms with E-state index < -0.39 is 23.5 Å². The molecule has 36 heavy (non-hydrogen) atoms. The number of rotatable bonds is 10. The Labute approximate surface area is 211 Å². The first-order valence-electron chi connectivity index (χ1n) is 12.2. The highest BCUT2D eigenvalue weighted by Gasteiger charge is 2.44. The summed E-state index contributed by atoms with van der Waals surface area (Å²) < 4.78 is 16.3. The number of likely N-dealkylation sites (tertiary alicyclic amines) is 1. The number of ketones is 1. The molecule has 190 valence electrons. The second-order valence-corrected chi connectivity index (χ2v) is 8.84. The third-order valence-corrected chi connectivity index (χ3v) is 6.55. The van der Waals surface area contributed by atoms with Gasteiger partial charge in [0, 0.05) is 18.5 Å². The minimum Gasteiger partial charge on any atom is -0.872 e. The van der Waals surface area contributed by atoms with Crippen LogP contribution in [0.15, 0.2) is 66.8 Å². The van der Waals surface area contributed by atoms with Crippen molar-refractivity contribution in [2.24, 2.45) is 0 Å². The van der Waals surface area contributed by atoms with E-state index in [9.17, 15) is 14.7 Å². The molecule has 0 bridgehead atoms. The molecule has 8 heteroatoms. The summed E-state index contributed by atoms with van der Waals surface area (Å²) in [6.07, 6.45) is 2.34. The van der Waals surface area contributed by atoms with E-state index in [-0.39, 0.29) is 5.57 Å². The van der Waals surface area contributed by atoms with Crippen molar-refractivity contribution in [3.05, 3.63) is 77.9 Å². The van der Waals surface area contributed by atoms with Gasteiger partial charge in [0.25, 0.3) is 5.91 Å². The van der Waals surface area contributed by atoms with Crippen molar-refractivity contribution in [2.75, 3.05) is 53.1 Å². The smallest absolute Gasteiger partial charge is 0.295 e. The minimum atomic E-state index is -0.774. The van der Waals surface area contributed by atoms with E-state index in [0.717, 1.165) is 32.8 Å². The predicted octanol–water partition coefficient (Wildman–Crippen LogP) is 0.789. The Kier molecular flexibility index (Phi) is 8.40. The average Bonchev–Trinajstić information content (AvgIpc) is 3.17. The zero-order chi connectivity index (χ0) is 25.5. The van der Waals surface area contributed by atoms with E-state index >= 15 is 0 Å². The first kappa shape index (κ1) is 25.5. The van der Waals surface area contributed by atoms with Crippen molar-refractivity contribution < 1.29 is 33.8 Å². The van der Waals surface area contributed by atoms with Crippen LogP contribution in [0.5, 0.6) is 11.5 Å². The molecule has 1 amide bonds. The lowest BCUT2D eigenvalue weighted by Gasteiger charge is -2.29. The summed E-state index contributed by atoms with van der Waals surface area (Å²) in [4.78, 5) is 29.3. The Hall–Kier alpha value is -3.62. The topological polar surface area (TPSA) is 92.6 Å². The van der Waals surface area contributed by atoms with Gasteiger partial charge in [0.05, 0.1) is 32.9 Å². The lowest BCUT2D eigenvalue weighted by molar-refractivity contribution is -0.908. The zero-order valence-corrected chi connectivity index (χ0v) is 20.5. The summed E-state index contributed by atoms with van der Waals surface area (Å²) in [7, 11) is 1.55. The van der Waals surface area contributed by atoms with Crippen molar-refractivity contribution in [1.82, 2.24) is 4.90 Å². The van der Waals surface area contributed by atoms with Gasteiger partial charge < -0.3 is 29.1 Å². The lowest BCUT2D eigenvalue weighted by Crippen LogP contribution is -3.14. The maximum Gasteiger partial charge on any atom is 0.295 e. The predicted molar refractivity (Wildman–Crippen MR) is 133 cm³/mol. The number of quaternary nitrogens is 1. The Morgan fingerprint density at radius 3 is 2.61 bits per heavy atom. The largest absolute Gasteiger partial charge is 0.872 e. The number of hydrogen-bond acceptors (Lipinski definition) is 6. The third kappa shape index (κ3) is 5.61. The normalized spacial score (nSPS) is 19.9. The molecule has 8 nitrogen and oxygen atoms in total. The van der Waals surface area contributed by atoms with Crippen LogP contribution in [0.2, 0.25) is 0 Å². The quantitative estimate of drug-likeness (QED) is 0.228. The molecule has 2 aromatic rings. The van der Waals surface area contributed by atoms with Crippen LogP contribution >= 0.6 is 0 Å². The van der Waals surface area contributed by atoms with Gasteiger partial charge in [-0.2, -0.15) is 0 Å². The SMILES string of the molecule is C=CCOc1ccc(C([O-])=C2C(=O)C(=O)N(CCC[NH+]3CCOCC3)C2c2cccc(OC)c2)cc1. The highest BCUT2D eigenvalue weighted by Crippen LogP contribution is 2.39. The van der Waals surface area contributed by atoms with Gasteiger partial charge in [-0.3, -0.25) is 9.59 Å². The molecule has 1 atom stereocenters. The van der Waals surface area contributed by atoms with Crippen molar-refractivity contribution in [3.63, 3.8) is 0 Å². The maximum absolute atomic E-state index is 13.6. The van der Waals surface area contributed by atoms with Crippen molar-refractivity contribution in [1.29, 1.82) is 0 Å². The summed E-state index contributed by atoms with van der Waals surface area (Å²) in [5.74, 6) is -0.681. The molecule has 2 heterocycles. The number of carbonyl (C=O) groups excluding carboxylic acids is 2. The molecule has 0 saturated carbocycles.